The molecular weight excluding hydrogens is 256 g/mol. The first-order chi connectivity index (χ1) is 9.58. The third-order valence-corrected chi connectivity index (χ3v) is 3.10. The maximum Gasteiger partial charge on any atom is 0.222 e. The van der Waals surface area contributed by atoms with Crippen LogP contribution in [0.25, 0.3) is 0 Å². The molecule has 0 bridgehead atoms. The van der Waals surface area contributed by atoms with Gasteiger partial charge in [0, 0.05) is 38.5 Å². The molecule has 0 aliphatic heterocycles. The first-order valence-electron chi connectivity index (χ1n) is 6.64. The molecule has 0 saturated carbocycles. The molecule has 0 unspecified atom stereocenters. The van der Waals surface area contributed by atoms with Crippen LogP contribution in [0.5, 0.6) is 5.75 Å². The quantitative estimate of drug-likeness (QED) is 0.729. The number of benzene rings is 1. The zero-order valence-corrected chi connectivity index (χ0v) is 12.3. The van der Waals surface area contributed by atoms with Gasteiger partial charge in [0.1, 0.15) is 5.75 Å². The third-order valence-electron chi connectivity index (χ3n) is 3.10. The minimum atomic E-state index is -0.0250. The highest BCUT2D eigenvalue weighted by atomic mass is 16.5. The maximum absolute atomic E-state index is 12.0. The van der Waals surface area contributed by atoms with Gasteiger partial charge in [-0.2, -0.15) is 0 Å². The number of likely N-dealkylation sites (N-methyl/N-ethyl adjacent to an activating group) is 2. The summed E-state index contributed by atoms with van der Waals surface area (Å²) in [5.41, 5.74) is 0.608. The highest BCUT2D eigenvalue weighted by Crippen LogP contribution is 2.13. The fourth-order valence-corrected chi connectivity index (χ4v) is 1.74. The number of nitrogens with zero attached hydrogens (tertiary/aromatic N) is 1. The van der Waals surface area contributed by atoms with Crippen LogP contribution in [-0.2, 0) is 4.79 Å². The van der Waals surface area contributed by atoms with Crippen LogP contribution in [0.15, 0.2) is 24.3 Å². The number of hydrogen-bond acceptors (Lipinski definition) is 4. The number of nitrogens with one attached hydrogen (secondary N) is 1. The van der Waals surface area contributed by atoms with Crippen LogP contribution in [0.4, 0.5) is 0 Å². The van der Waals surface area contributed by atoms with Crippen molar-refractivity contribution in [2.45, 2.75) is 12.8 Å². The van der Waals surface area contributed by atoms with Gasteiger partial charge in [-0.1, -0.05) is 0 Å². The third kappa shape index (κ3) is 5.01. The smallest absolute Gasteiger partial charge is 0.222 e. The zero-order chi connectivity index (χ0) is 15.0. The Morgan fingerprint density at radius 1 is 1.20 bits per heavy atom. The largest absolute Gasteiger partial charge is 0.497 e. The minimum Gasteiger partial charge on any atom is -0.497 e. The molecule has 0 aliphatic carbocycles. The van der Waals surface area contributed by atoms with Crippen molar-refractivity contribution >= 4 is 11.7 Å². The Balaban J connectivity index is 2.43. The van der Waals surface area contributed by atoms with Gasteiger partial charge in [-0.05, 0) is 31.3 Å². The van der Waals surface area contributed by atoms with Gasteiger partial charge in [0.15, 0.2) is 5.78 Å². The van der Waals surface area contributed by atoms with Crippen molar-refractivity contribution in [3.8, 4) is 5.75 Å². The predicted octanol–water partition coefficient (Wildman–Crippen LogP) is 1.34. The van der Waals surface area contributed by atoms with Crippen molar-refractivity contribution in [2.24, 2.45) is 0 Å². The van der Waals surface area contributed by atoms with Crippen LogP contribution in [0.1, 0.15) is 23.2 Å². The van der Waals surface area contributed by atoms with Gasteiger partial charge in [0.25, 0.3) is 0 Å². The van der Waals surface area contributed by atoms with Gasteiger partial charge in [-0.3, -0.25) is 9.59 Å². The normalized spacial score (nSPS) is 10.2. The summed E-state index contributed by atoms with van der Waals surface area (Å²) < 4.78 is 5.04. The molecular formula is C15H22N2O3. The van der Waals surface area contributed by atoms with Gasteiger partial charge < -0.3 is 15.0 Å². The Hall–Kier alpha value is -1.88. The van der Waals surface area contributed by atoms with Crippen molar-refractivity contribution in [1.82, 2.24) is 10.2 Å². The molecule has 0 saturated heterocycles. The number of rotatable bonds is 8. The second kappa shape index (κ2) is 8.32. The molecule has 5 heteroatoms. The van der Waals surface area contributed by atoms with Crippen LogP contribution in [0.2, 0.25) is 0 Å². The summed E-state index contributed by atoms with van der Waals surface area (Å²) in [6.45, 7) is 1.39. The Bertz CT molecular complexity index is 443. The van der Waals surface area contributed by atoms with Gasteiger partial charge in [0.2, 0.25) is 5.91 Å². The van der Waals surface area contributed by atoms with Gasteiger partial charge in [-0.25, -0.2) is 0 Å². The summed E-state index contributed by atoms with van der Waals surface area (Å²) >= 11 is 0. The SMILES string of the molecule is CNCCN(C)C(=O)CCC(=O)c1ccc(OC)cc1. The van der Waals surface area contributed by atoms with Crippen LogP contribution in [0, 0.1) is 0 Å². The van der Waals surface area contributed by atoms with E-state index in [1.165, 1.54) is 0 Å². The maximum atomic E-state index is 12.0. The van der Waals surface area contributed by atoms with E-state index in [0.717, 1.165) is 6.54 Å². The Kier molecular flexibility index (Phi) is 6.73. The van der Waals surface area contributed by atoms with E-state index in [1.54, 1.807) is 43.3 Å². The Morgan fingerprint density at radius 2 is 1.85 bits per heavy atom. The lowest BCUT2D eigenvalue weighted by Crippen LogP contribution is -2.32. The van der Waals surface area contributed by atoms with E-state index >= 15 is 0 Å². The molecule has 1 aromatic carbocycles. The summed E-state index contributed by atoms with van der Waals surface area (Å²) in [4.78, 5) is 25.4. The minimum absolute atomic E-state index is 0.0119. The number of carbonyl (C=O) groups is 2. The summed E-state index contributed by atoms with van der Waals surface area (Å²) in [7, 11) is 5.17. The summed E-state index contributed by atoms with van der Waals surface area (Å²) in [5.74, 6) is 0.676. The summed E-state index contributed by atoms with van der Waals surface area (Å²) in [6, 6.07) is 6.93. The first-order valence-corrected chi connectivity index (χ1v) is 6.64. The van der Waals surface area contributed by atoms with Crippen LogP contribution < -0.4 is 10.1 Å². The van der Waals surface area contributed by atoms with Crippen molar-refractivity contribution in [3.63, 3.8) is 0 Å². The topological polar surface area (TPSA) is 58.6 Å². The number of methoxy groups -OCH3 is 1. The fourth-order valence-electron chi connectivity index (χ4n) is 1.74. The molecule has 0 aliphatic rings. The zero-order valence-electron chi connectivity index (χ0n) is 12.3. The van der Waals surface area contributed by atoms with E-state index in [2.05, 4.69) is 5.32 Å². The lowest BCUT2D eigenvalue weighted by atomic mass is 10.1. The van der Waals surface area contributed by atoms with E-state index in [-0.39, 0.29) is 24.5 Å². The molecule has 0 radical (unpaired) electrons. The molecule has 0 heterocycles. The number of carbonyl (C=O) groups excluding carboxylic acids is 2. The number of Topliss-reactive ketones (excluding diaryl/α,β-unsaturated/α-hetero) is 1. The summed E-state index contributed by atoms with van der Waals surface area (Å²) in [5, 5.41) is 2.98. The Morgan fingerprint density at radius 3 is 2.40 bits per heavy atom. The number of amides is 1. The van der Waals surface area contributed by atoms with Crippen LogP contribution in [0.3, 0.4) is 0 Å². The molecule has 1 N–H and O–H groups in total. The van der Waals surface area contributed by atoms with E-state index < -0.39 is 0 Å². The van der Waals surface area contributed by atoms with Crippen LogP contribution in [-0.4, -0.2) is 50.9 Å². The van der Waals surface area contributed by atoms with Crippen molar-refractivity contribution < 1.29 is 14.3 Å². The summed E-state index contributed by atoms with van der Waals surface area (Å²) in [6.07, 6.45) is 0.472. The van der Waals surface area contributed by atoms with Crippen LogP contribution >= 0.6 is 0 Å². The van der Waals surface area contributed by atoms with Gasteiger partial charge >= 0.3 is 0 Å². The van der Waals surface area contributed by atoms with E-state index in [9.17, 15) is 9.59 Å². The standard InChI is InChI=1S/C15H22N2O3/c1-16-10-11-17(2)15(19)9-8-14(18)12-4-6-13(20-3)7-5-12/h4-7,16H,8-11H2,1-3H3. The fraction of sp³-hybridized carbons (Fsp3) is 0.467. The average Bonchev–Trinajstić information content (AvgIpc) is 2.49. The number of hydrogen-bond donors (Lipinski definition) is 1. The van der Waals surface area contributed by atoms with Gasteiger partial charge in [0.05, 0.1) is 7.11 Å². The first kappa shape index (κ1) is 16.2. The lowest BCUT2D eigenvalue weighted by Gasteiger charge is -2.16. The van der Waals surface area contributed by atoms with Gasteiger partial charge in [-0.15, -0.1) is 0 Å². The van der Waals surface area contributed by atoms with Crippen molar-refractivity contribution in [1.29, 1.82) is 0 Å². The molecule has 0 fully saturated rings. The molecule has 1 amide bonds. The average molecular weight is 278 g/mol. The highest BCUT2D eigenvalue weighted by molar-refractivity contribution is 5.98. The second-order valence-electron chi connectivity index (χ2n) is 4.57. The molecule has 5 nitrogen and oxygen atoms in total. The molecule has 0 atom stereocenters. The Labute approximate surface area is 119 Å². The number of ether oxygens (including phenoxy) is 1. The van der Waals surface area contributed by atoms with E-state index in [0.29, 0.717) is 17.9 Å². The monoisotopic (exact) mass is 278 g/mol. The van der Waals surface area contributed by atoms with E-state index in [4.69, 9.17) is 4.74 Å². The molecule has 110 valence electrons. The molecule has 20 heavy (non-hydrogen) atoms. The lowest BCUT2D eigenvalue weighted by molar-refractivity contribution is -0.129. The molecule has 1 rings (SSSR count). The molecule has 0 spiro atoms. The molecule has 1 aromatic rings. The highest BCUT2D eigenvalue weighted by Gasteiger charge is 2.12. The predicted molar refractivity (Wildman–Crippen MR) is 78.1 cm³/mol. The van der Waals surface area contributed by atoms with E-state index in [1.807, 2.05) is 7.05 Å². The second-order valence-corrected chi connectivity index (χ2v) is 4.57. The van der Waals surface area contributed by atoms with Crippen molar-refractivity contribution in [2.75, 3.05) is 34.3 Å². The number of ketones is 1. The van der Waals surface area contributed by atoms with Crippen molar-refractivity contribution in [3.05, 3.63) is 29.8 Å². The molecule has 0 aromatic heterocycles.